The van der Waals surface area contributed by atoms with Gasteiger partial charge in [0.2, 0.25) is 0 Å². The third kappa shape index (κ3) is 4.81. The first-order chi connectivity index (χ1) is 16.5. The Morgan fingerprint density at radius 1 is 0.824 bits per heavy atom. The summed E-state index contributed by atoms with van der Waals surface area (Å²) >= 11 is 0. The maximum Gasteiger partial charge on any atom is 0.270 e. The standard InChI is InChI=1S/C30H33N3O/c1-5-26(23-13-9-7-10-14-23)31-30(34)28-27(24-19-17-22(18-20-24)21(3)4)32-29(33(28)6-2)25-15-11-8-12-16-25/h7-21,26H,5-6H2,1-4H3,(H,31,34). The number of hydrogen-bond donors (Lipinski definition) is 1. The summed E-state index contributed by atoms with van der Waals surface area (Å²) in [5.74, 6) is 1.15. The molecular formula is C30H33N3O. The highest BCUT2D eigenvalue weighted by atomic mass is 16.2. The molecule has 1 unspecified atom stereocenters. The van der Waals surface area contributed by atoms with Crippen molar-refractivity contribution in [3.05, 3.63) is 102 Å². The topological polar surface area (TPSA) is 46.9 Å². The van der Waals surface area contributed by atoms with Crippen LogP contribution in [-0.2, 0) is 6.54 Å². The monoisotopic (exact) mass is 451 g/mol. The number of amides is 1. The molecule has 4 rings (SSSR count). The summed E-state index contributed by atoms with van der Waals surface area (Å²) in [5, 5.41) is 3.28. The van der Waals surface area contributed by atoms with Crippen molar-refractivity contribution in [2.45, 2.75) is 52.6 Å². The van der Waals surface area contributed by atoms with Gasteiger partial charge in [-0.05, 0) is 30.4 Å². The first-order valence-corrected chi connectivity index (χ1v) is 12.2. The minimum absolute atomic E-state index is 0.0646. The van der Waals surface area contributed by atoms with Crippen LogP contribution in [0.4, 0.5) is 0 Å². The van der Waals surface area contributed by atoms with Crippen molar-refractivity contribution in [2.75, 3.05) is 0 Å². The number of rotatable bonds is 8. The number of imidazole rings is 1. The molecule has 174 valence electrons. The fourth-order valence-electron chi connectivity index (χ4n) is 4.36. The van der Waals surface area contributed by atoms with E-state index in [-0.39, 0.29) is 11.9 Å². The molecule has 1 atom stereocenters. The van der Waals surface area contributed by atoms with Gasteiger partial charge in [-0.25, -0.2) is 4.98 Å². The maximum absolute atomic E-state index is 13.8. The fraction of sp³-hybridized carbons (Fsp3) is 0.267. The molecule has 0 saturated heterocycles. The molecular weight excluding hydrogens is 418 g/mol. The van der Waals surface area contributed by atoms with Gasteiger partial charge in [-0.2, -0.15) is 0 Å². The quantitative estimate of drug-likeness (QED) is 0.307. The summed E-state index contributed by atoms with van der Waals surface area (Å²) in [6.07, 6.45) is 0.806. The van der Waals surface area contributed by atoms with Crippen LogP contribution in [0.25, 0.3) is 22.6 Å². The van der Waals surface area contributed by atoms with E-state index in [1.165, 1.54) is 5.56 Å². The lowest BCUT2D eigenvalue weighted by molar-refractivity contribution is 0.0927. The summed E-state index contributed by atoms with van der Waals surface area (Å²) in [5.41, 5.74) is 5.64. The van der Waals surface area contributed by atoms with Crippen molar-refractivity contribution in [1.29, 1.82) is 0 Å². The van der Waals surface area contributed by atoms with E-state index >= 15 is 0 Å². The predicted octanol–water partition coefficient (Wildman–Crippen LogP) is 7.24. The Hall–Kier alpha value is -3.66. The number of carbonyl (C=O) groups excluding carboxylic acids is 1. The molecule has 0 aliphatic rings. The summed E-state index contributed by atoms with van der Waals surface area (Å²) < 4.78 is 2.04. The smallest absolute Gasteiger partial charge is 0.270 e. The first kappa shape index (κ1) is 23.5. The van der Waals surface area contributed by atoms with E-state index in [9.17, 15) is 4.79 Å². The van der Waals surface area contributed by atoms with Crippen LogP contribution in [0.3, 0.4) is 0 Å². The van der Waals surface area contributed by atoms with Gasteiger partial charge in [0.15, 0.2) is 0 Å². The zero-order valence-electron chi connectivity index (χ0n) is 20.5. The lowest BCUT2D eigenvalue weighted by atomic mass is 10.00. The van der Waals surface area contributed by atoms with Gasteiger partial charge in [-0.1, -0.05) is 106 Å². The average Bonchev–Trinajstić information content (AvgIpc) is 3.28. The Morgan fingerprint density at radius 3 is 2.00 bits per heavy atom. The van der Waals surface area contributed by atoms with Gasteiger partial charge in [0.25, 0.3) is 5.91 Å². The van der Waals surface area contributed by atoms with Gasteiger partial charge in [0.1, 0.15) is 17.2 Å². The molecule has 1 aromatic heterocycles. The minimum atomic E-state index is -0.102. The zero-order valence-corrected chi connectivity index (χ0v) is 20.5. The summed E-state index contributed by atoms with van der Waals surface area (Å²) in [6, 6.07) is 28.6. The summed E-state index contributed by atoms with van der Waals surface area (Å²) in [7, 11) is 0. The highest BCUT2D eigenvalue weighted by Crippen LogP contribution is 2.31. The van der Waals surface area contributed by atoms with Gasteiger partial charge in [-0.15, -0.1) is 0 Å². The van der Waals surface area contributed by atoms with E-state index < -0.39 is 0 Å². The van der Waals surface area contributed by atoms with Crippen molar-refractivity contribution in [2.24, 2.45) is 0 Å². The molecule has 0 aliphatic carbocycles. The molecule has 0 saturated carbocycles. The van der Waals surface area contributed by atoms with Crippen molar-refractivity contribution in [1.82, 2.24) is 14.9 Å². The third-order valence-corrected chi connectivity index (χ3v) is 6.30. The van der Waals surface area contributed by atoms with Crippen LogP contribution in [0.5, 0.6) is 0 Å². The van der Waals surface area contributed by atoms with Gasteiger partial charge >= 0.3 is 0 Å². The second kappa shape index (κ2) is 10.5. The van der Waals surface area contributed by atoms with E-state index in [0.717, 1.165) is 34.6 Å². The number of nitrogens with one attached hydrogen (secondary N) is 1. The molecule has 1 heterocycles. The minimum Gasteiger partial charge on any atom is -0.344 e. The molecule has 34 heavy (non-hydrogen) atoms. The Kier molecular flexibility index (Phi) is 7.27. The molecule has 1 N–H and O–H groups in total. The van der Waals surface area contributed by atoms with Crippen molar-refractivity contribution in [3.8, 4) is 22.6 Å². The van der Waals surface area contributed by atoms with E-state index in [1.807, 2.05) is 53.1 Å². The van der Waals surface area contributed by atoms with Crippen LogP contribution in [-0.4, -0.2) is 15.5 Å². The Labute approximate surface area is 202 Å². The van der Waals surface area contributed by atoms with Crippen LogP contribution in [0.15, 0.2) is 84.9 Å². The Morgan fingerprint density at radius 2 is 1.44 bits per heavy atom. The molecule has 3 aromatic carbocycles. The van der Waals surface area contributed by atoms with Gasteiger partial charge < -0.3 is 9.88 Å². The van der Waals surface area contributed by atoms with Crippen molar-refractivity contribution < 1.29 is 4.79 Å². The van der Waals surface area contributed by atoms with Crippen LogP contribution in [0.2, 0.25) is 0 Å². The Balaban J connectivity index is 1.82. The second-order valence-corrected chi connectivity index (χ2v) is 8.86. The van der Waals surface area contributed by atoms with E-state index in [0.29, 0.717) is 18.2 Å². The number of aromatic nitrogens is 2. The normalized spacial score (nSPS) is 12.0. The third-order valence-electron chi connectivity index (χ3n) is 6.30. The number of hydrogen-bond acceptors (Lipinski definition) is 2. The SMILES string of the molecule is CCC(NC(=O)c1c(-c2ccc(C(C)C)cc2)nc(-c2ccccc2)n1CC)c1ccccc1. The first-order valence-electron chi connectivity index (χ1n) is 12.2. The molecule has 0 aliphatic heterocycles. The molecule has 0 bridgehead atoms. The lowest BCUT2D eigenvalue weighted by Gasteiger charge is -2.19. The van der Waals surface area contributed by atoms with Gasteiger partial charge in [0, 0.05) is 17.7 Å². The lowest BCUT2D eigenvalue weighted by Crippen LogP contribution is -2.30. The van der Waals surface area contributed by atoms with E-state index in [4.69, 9.17) is 4.98 Å². The fourth-order valence-corrected chi connectivity index (χ4v) is 4.36. The highest BCUT2D eigenvalue weighted by molar-refractivity contribution is 5.99. The number of nitrogens with zero attached hydrogens (tertiary/aromatic N) is 2. The molecule has 1 amide bonds. The summed E-state index contributed by atoms with van der Waals surface area (Å²) in [4.78, 5) is 18.8. The zero-order chi connectivity index (χ0) is 24.1. The van der Waals surface area contributed by atoms with Crippen molar-refractivity contribution in [3.63, 3.8) is 0 Å². The molecule has 4 heteroatoms. The number of carbonyl (C=O) groups is 1. The van der Waals surface area contributed by atoms with E-state index in [1.54, 1.807) is 0 Å². The van der Waals surface area contributed by atoms with Gasteiger partial charge in [-0.3, -0.25) is 4.79 Å². The maximum atomic E-state index is 13.8. The van der Waals surface area contributed by atoms with Crippen molar-refractivity contribution >= 4 is 5.91 Å². The molecule has 0 radical (unpaired) electrons. The predicted molar refractivity (Wildman–Crippen MR) is 140 cm³/mol. The van der Waals surface area contributed by atoms with Crippen LogP contribution in [0, 0.1) is 0 Å². The van der Waals surface area contributed by atoms with Crippen LogP contribution < -0.4 is 5.32 Å². The molecule has 0 spiro atoms. The molecule has 0 fully saturated rings. The number of benzene rings is 3. The van der Waals surface area contributed by atoms with Gasteiger partial charge in [0.05, 0.1) is 6.04 Å². The van der Waals surface area contributed by atoms with Crippen LogP contribution in [0.1, 0.15) is 67.7 Å². The van der Waals surface area contributed by atoms with E-state index in [2.05, 4.69) is 69.4 Å². The largest absolute Gasteiger partial charge is 0.344 e. The highest BCUT2D eigenvalue weighted by Gasteiger charge is 2.26. The average molecular weight is 452 g/mol. The molecule has 4 nitrogen and oxygen atoms in total. The summed E-state index contributed by atoms with van der Waals surface area (Å²) in [6.45, 7) is 9.16. The second-order valence-electron chi connectivity index (χ2n) is 8.86. The Bertz CT molecular complexity index is 1230. The van der Waals surface area contributed by atoms with Crippen LogP contribution >= 0.6 is 0 Å². The molecule has 4 aromatic rings.